The molecule has 0 bridgehead atoms. The lowest BCUT2D eigenvalue weighted by molar-refractivity contribution is -0.139. The van der Waals surface area contributed by atoms with E-state index in [1.165, 1.54) is 6.92 Å². The highest BCUT2D eigenvalue weighted by atomic mass is 28.4. The maximum Gasteiger partial charge on any atom is 0.302 e. The molecule has 0 fully saturated rings. The summed E-state index contributed by atoms with van der Waals surface area (Å²) in [6.07, 6.45) is 0.197. The molecule has 0 unspecified atom stereocenters. The molecule has 54 valence electrons. The smallest absolute Gasteiger partial charge is 0.302 e. The summed E-state index contributed by atoms with van der Waals surface area (Å²) in [5, 5.41) is 0. The lowest BCUT2D eigenvalue weighted by Crippen LogP contribution is -2.33. The summed E-state index contributed by atoms with van der Waals surface area (Å²) in [6.45, 7) is 4.77. The van der Waals surface area contributed by atoms with E-state index in [-0.39, 0.29) is 12.2 Å². The van der Waals surface area contributed by atoms with Crippen molar-refractivity contribution in [3.05, 3.63) is 0 Å². The average molecular weight is 148 g/mol. The van der Waals surface area contributed by atoms with Crippen LogP contribution >= 0.6 is 0 Å². The summed E-state index contributed by atoms with van der Waals surface area (Å²) in [7, 11) is -2.16. The molecule has 0 aromatic carbocycles. The van der Waals surface area contributed by atoms with Crippen molar-refractivity contribution in [2.45, 2.75) is 20.0 Å². The molecule has 0 aromatic rings. The quantitative estimate of drug-likeness (QED) is 0.452. The molecule has 0 saturated heterocycles. The van der Waals surface area contributed by atoms with Gasteiger partial charge in [-0.3, -0.25) is 4.79 Å². The fourth-order valence-corrected chi connectivity index (χ4v) is 0.835. The Bertz CT molecular complexity index is 105. The third kappa shape index (κ3) is 7.65. The van der Waals surface area contributed by atoms with Gasteiger partial charge in [0.1, 0.15) is 6.23 Å². The second kappa shape index (κ2) is 2.98. The van der Waals surface area contributed by atoms with Crippen LogP contribution in [0.4, 0.5) is 0 Å². The molecule has 0 aliphatic heterocycles. The molecule has 0 spiro atoms. The number of ether oxygens (including phenoxy) is 1. The summed E-state index contributed by atoms with van der Waals surface area (Å²) in [5.41, 5.74) is 0. The monoisotopic (exact) mass is 148 g/mol. The van der Waals surface area contributed by atoms with Crippen LogP contribution in [0.25, 0.3) is 0 Å². The first-order valence-corrected chi connectivity index (χ1v) is 5.93. The number of hydrogen-bond acceptors (Lipinski definition) is 3. The number of hydrogen-bond donors (Lipinski definition) is 1. The summed E-state index contributed by atoms with van der Waals surface area (Å²) in [6, 6.07) is 0. The van der Waals surface area contributed by atoms with Crippen LogP contribution in [0.15, 0.2) is 0 Å². The van der Waals surface area contributed by atoms with E-state index in [1.54, 1.807) is 13.1 Å². The van der Waals surface area contributed by atoms with Crippen LogP contribution < -0.4 is 0 Å². The van der Waals surface area contributed by atoms with Gasteiger partial charge in [0.25, 0.3) is 0 Å². The Morgan fingerprint density at radius 3 is 2.22 bits per heavy atom. The fraction of sp³-hybridized carbons (Fsp3) is 0.800. The molecule has 0 rings (SSSR count). The minimum atomic E-state index is -2.16. The van der Waals surface area contributed by atoms with Gasteiger partial charge in [-0.1, -0.05) is 0 Å². The normalized spacial score (nSPS) is 11.1. The van der Waals surface area contributed by atoms with E-state index in [9.17, 15) is 4.79 Å². The number of rotatable bonds is 2. The van der Waals surface area contributed by atoms with Crippen molar-refractivity contribution in [3.63, 3.8) is 0 Å². The van der Waals surface area contributed by atoms with Gasteiger partial charge in [-0.15, -0.1) is 0 Å². The second-order valence-electron chi connectivity index (χ2n) is 2.59. The van der Waals surface area contributed by atoms with Crippen LogP contribution in [-0.4, -0.2) is 25.3 Å². The van der Waals surface area contributed by atoms with Crippen molar-refractivity contribution in [1.29, 1.82) is 0 Å². The Kier molecular flexibility index (Phi) is 2.86. The average Bonchev–Trinajstić information content (AvgIpc) is 1.59. The van der Waals surface area contributed by atoms with E-state index in [1.807, 2.05) is 0 Å². The van der Waals surface area contributed by atoms with Gasteiger partial charge in [-0.05, 0) is 13.1 Å². The van der Waals surface area contributed by atoms with Gasteiger partial charge < -0.3 is 9.53 Å². The van der Waals surface area contributed by atoms with Crippen LogP contribution in [0.3, 0.4) is 0 Å². The van der Waals surface area contributed by atoms with Gasteiger partial charge in [0.15, 0.2) is 0 Å². The van der Waals surface area contributed by atoms with Gasteiger partial charge in [0.05, 0.1) is 0 Å². The van der Waals surface area contributed by atoms with E-state index in [2.05, 4.69) is 4.74 Å². The Morgan fingerprint density at radius 2 is 2.11 bits per heavy atom. The van der Waals surface area contributed by atoms with Crippen molar-refractivity contribution in [2.24, 2.45) is 0 Å². The first kappa shape index (κ1) is 8.65. The molecule has 0 saturated carbocycles. The number of carbonyl (C=O) groups is 1. The Morgan fingerprint density at radius 1 is 1.67 bits per heavy atom. The van der Waals surface area contributed by atoms with Crippen LogP contribution in [0.2, 0.25) is 13.1 Å². The highest BCUT2D eigenvalue weighted by Gasteiger charge is 2.17. The zero-order valence-corrected chi connectivity index (χ0v) is 6.97. The van der Waals surface area contributed by atoms with Gasteiger partial charge in [0.2, 0.25) is 8.32 Å². The minimum absolute atomic E-state index is 0.197. The topological polar surface area (TPSA) is 46.5 Å². The van der Waals surface area contributed by atoms with Crippen molar-refractivity contribution in [3.8, 4) is 0 Å². The largest absolute Gasteiger partial charge is 0.467 e. The number of esters is 1. The third-order valence-corrected chi connectivity index (χ3v) is 1.48. The van der Waals surface area contributed by atoms with E-state index < -0.39 is 8.32 Å². The molecule has 0 aliphatic rings. The lowest BCUT2D eigenvalue weighted by Gasteiger charge is -2.12. The number of carbonyl (C=O) groups excluding carboxylic acids is 1. The zero-order valence-electron chi connectivity index (χ0n) is 5.97. The predicted octanol–water partition coefficient (Wildman–Crippen LogP) is 0.286. The van der Waals surface area contributed by atoms with Crippen LogP contribution in [-0.2, 0) is 9.53 Å². The summed E-state index contributed by atoms with van der Waals surface area (Å²) >= 11 is 0. The predicted molar refractivity (Wildman–Crippen MR) is 36.3 cm³/mol. The molecule has 3 nitrogen and oxygen atoms in total. The van der Waals surface area contributed by atoms with Gasteiger partial charge >= 0.3 is 5.97 Å². The third-order valence-electron chi connectivity index (χ3n) is 0.629. The standard InChI is InChI=1S/C5H12O3Si/c1-5(6)8-4-9(2,3)7/h7H,4H2,1-3H3. The molecule has 0 amide bonds. The molecular formula is C5H12O3Si. The van der Waals surface area contributed by atoms with Crippen LogP contribution in [0.1, 0.15) is 6.92 Å². The molecular weight excluding hydrogens is 136 g/mol. The van der Waals surface area contributed by atoms with Gasteiger partial charge in [-0.2, -0.15) is 0 Å². The van der Waals surface area contributed by atoms with Gasteiger partial charge in [0, 0.05) is 6.92 Å². The highest BCUT2D eigenvalue weighted by Crippen LogP contribution is 1.95. The van der Waals surface area contributed by atoms with E-state index >= 15 is 0 Å². The molecule has 9 heavy (non-hydrogen) atoms. The maximum atomic E-state index is 10.2. The fourth-order valence-electron chi connectivity index (χ4n) is 0.278. The summed E-state index contributed by atoms with van der Waals surface area (Å²) < 4.78 is 4.58. The molecule has 0 heterocycles. The molecule has 0 atom stereocenters. The van der Waals surface area contributed by atoms with Crippen LogP contribution in [0, 0.1) is 0 Å². The molecule has 0 radical (unpaired) electrons. The first-order chi connectivity index (χ1) is 3.92. The zero-order chi connectivity index (χ0) is 7.49. The SMILES string of the molecule is CC(=O)OC[Si](C)(C)O. The van der Waals surface area contributed by atoms with Crippen molar-refractivity contribution in [2.75, 3.05) is 6.23 Å². The van der Waals surface area contributed by atoms with E-state index in [4.69, 9.17) is 4.80 Å². The maximum absolute atomic E-state index is 10.2. The Hall–Kier alpha value is -0.353. The van der Waals surface area contributed by atoms with Crippen molar-refractivity contribution >= 4 is 14.3 Å². The van der Waals surface area contributed by atoms with Crippen LogP contribution in [0.5, 0.6) is 0 Å². The van der Waals surface area contributed by atoms with Gasteiger partial charge in [-0.25, -0.2) is 0 Å². The first-order valence-electron chi connectivity index (χ1n) is 2.77. The highest BCUT2D eigenvalue weighted by molar-refractivity contribution is 6.69. The van der Waals surface area contributed by atoms with Crippen molar-refractivity contribution < 1.29 is 14.3 Å². The summed E-state index contributed by atoms with van der Waals surface area (Å²) in [5.74, 6) is -0.329. The van der Waals surface area contributed by atoms with E-state index in [0.717, 1.165) is 0 Å². The second-order valence-corrected chi connectivity index (χ2v) is 6.51. The molecule has 0 aromatic heterocycles. The molecule has 4 heteroatoms. The Labute approximate surface area is 55.8 Å². The molecule has 0 aliphatic carbocycles. The Balaban J connectivity index is 3.39. The van der Waals surface area contributed by atoms with Crippen molar-refractivity contribution in [1.82, 2.24) is 0 Å². The minimum Gasteiger partial charge on any atom is -0.467 e. The molecule has 1 N–H and O–H groups in total. The van der Waals surface area contributed by atoms with E-state index in [0.29, 0.717) is 0 Å². The summed E-state index contributed by atoms with van der Waals surface area (Å²) in [4.78, 5) is 19.3. The lowest BCUT2D eigenvalue weighted by atomic mass is 10.8.